The van der Waals surface area contributed by atoms with Crippen molar-refractivity contribution < 1.29 is 14.3 Å². The van der Waals surface area contributed by atoms with Crippen molar-refractivity contribution in [2.75, 3.05) is 12.5 Å². The second-order valence-electron chi connectivity index (χ2n) is 6.06. The number of carbonyl (C=O) groups is 1. The standard InChI is InChI=1S/C18H18N4O3S/c1-11-5-14(15(23)8-26-18-19-9-20-21-18)12(2)22(11)7-13-3-4-16-17(6-13)25-10-24-16/h3-6,9H,7-8,10H2,1-2H3,(H,19,20,21). The van der Waals surface area contributed by atoms with E-state index in [1.165, 1.54) is 18.1 Å². The van der Waals surface area contributed by atoms with Crippen LogP contribution in [0.4, 0.5) is 0 Å². The highest BCUT2D eigenvalue weighted by Crippen LogP contribution is 2.33. The number of nitrogens with one attached hydrogen (secondary N) is 1. The zero-order chi connectivity index (χ0) is 18.1. The summed E-state index contributed by atoms with van der Waals surface area (Å²) in [4.78, 5) is 16.6. The van der Waals surface area contributed by atoms with Crippen molar-refractivity contribution in [1.29, 1.82) is 0 Å². The molecular formula is C18H18N4O3S. The van der Waals surface area contributed by atoms with Gasteiger partial charge in [0.2, 0.25) is 6.79 Å². The number of Topliss-reactive ketones (excluding diaryl/α,β-unsaturated/α-hetero) is 1. The topological polar surface area (TPSA) is 82.0 Å². The fraction of sp³-hybridized carbons (Fsp3) is 0.278. The van der Waals surface area contributed by atoms with Gasteiger partial charge in [-0.3, -0.25) is 9.89 Å². The van der Waals surface area contributed by atoms with Crippen molar-refractivity contribution in [2.45, 2.75) is 25.5 Å². The van der Waals surface area contributed by atoms with Gasteiger partial charge in [-0.15, -0.1) is 0 Å². The van der Waals surface area contributed by atoms with Crippen LogP contribution in [-0.2, 0) is 6.54 Å². The van der Waals surface area contributed by atoms with Gasteiger partial charge in [-0.25, -0.2) is 4.98 Å². The van der Waals surface area contributed by atoms with Crippen molar-refractivity contribution in [3.8, 4) is 11.5 Å². The average Bonchev–Trinajstić information content (AvgIpc) is 3.36. The molecule has 0 fully saturated rings. The fourth-order valence-corrected chi connectivity index (χ4v) is 3.69. The SMILES string of the molecule is Cc1cc(C(=O)CSc2ncn[nH]2)c(C)n1Cc1ccc2c(c1)OCO2. The molecule has 26 heavy (non-hydrogen) atoms. The van der Waals surface area contributed by atoms with Gasteiger partial charge >= 0.3 is 0 Å². The lowest BCUT2D eigenvalue weighted by Gasteiger charge is -2.10. The number of ether oxygens (including phenoxy) is 2. The number of ketones is 1. The Kier molecular flexibility index (Phi) is 4.42. The number of thioether (sulfide) groups is 1. The largest absolute Gasteiger partial charge is 0.454 e. The average molecular weight is 370 g/mol. The lowest BCUT2D eigenvalue weighted by molar-refractivity contribution is 0.102. The third-order valence-corrected chi connectivity index (χ3v) is 5.26. The lowest BCUT2D eigenvalue weighted by Crippen LogP contribution is -2.07. The highest BCUT2D eigenvalue weighted by Gasteiger charge is 2.18. The quantitative estimate of drug-likeness (QED) is 0.531. The maximum absolute atomic E-state index is 12.6. The van der Waals surface area contributed by atoms with Crippen LogP contribution in [0.3, 0.4) is 0 Å². The van der Waals surface area contributed by atoms with Gasteiger partial charge in [-0.2, -0.15) is 5.10 Å². The summed E-state index contributed by atoms with van der Waals surface area (Å²) in [6.45, 7) is 4.94. The van der Waals surface area contributed by atoms with Crippen molar-refractivity contribution in [3.05, 3.63) is 53.1 Å². The number of H-pyrrole nitrogens is 1. The summed E-state index contributed by atoms with van der Waals surface area (Å²) in [5.74, 6) is 1.94. The van der Waals surface area contributed by atoms with E-state index in [1.54, 1.807) is 0 Å². The van der Waals surface area contributed by atoms with Gasteiger partial charge in [0.25, 0.3) is 0 Å². The molecule has 2 aromatic heterocycles. The molecule has 3 aromatic rings. The molecule has 1 aliphatic rings. The van der Waals surface area contributed by atoms with Gasteiger partial charge in [0.05, 0.1) is 5.75 Å². The van der Waals surface area contributed by atoms with Crippen LogP contribution in [0.25, 0.3) is 0 Å². The molecule has 0 amide bonds. The maximum Gasteiger partial charge on any atom is 0.231 e. The Morgan fingerprint density at radius 3 is 2.92 bits per heavy atom. The van der Waals surface area contributed by atoms with Gasteiger partial charge in [-0.1, -0.05) is 17.8 Å². The van der Waals surface area contributed by atoms with E-state index in [2.05, 4.69) is 19.7 Å². The summed E-state index contributed by atoms with van der Waals surface area (Å²) < 4.78 is 12.9. The first kappa shape index (κ1) is 16.7. The second kappa shape index (κ2) is 6.87. The fourth-order valence-electron chi connectivity index (χ4n) is 3.02. The number of aryl methyl sites for hydroxylation is 1. The zero-order valence-electron chi connectivity index (χ0n) is 14.5. The molecule has 0 radical (unpaired) electrons. The normalized spacial score (nSPS) is 12.5. The molecule has 0 unspecified atom stereocenters. The Labute approximate surface area is 154 Å². The van der Waals surface area contributed by atoms with Crippen molar-refractivity contribution >= 4 is 17.5 Å². The minimum Gasteiger partial charge on any atom is -0.454 e. The molecule has 8 heteroatoms. The number of rotatable bonds is 6. The molecule has 0 atom stereocenters. The predicted octanol–water partition coefficient (Wildman–Crippen LogP) is 2.98. The van der Waals surface area contributed by atoms with Crippen molar-refractivity contribution in [3.63, 3.8) is 0 Å². The molecule has 1 aromatic carbocycles. The molecular weight excluding hydrogens is 352 g/mol. The highest BCUT2D eigenvalue weighted by molar-refractivity contribution is 7.99. The van der Waals surface area contributed by atoms with Crippen LogP contribution in [0.1, 0.15) is 27.3 Å². The molecule has 0 aliphatic carbocycles. The molecule has 134 valence electrons. The predicted molar refractivity (Wildman–Crippen MR) is 97.0 cm³/mol. The van der Waals surface area contributed by atoms with Gasteiger partial charge < -0.3 is 14.0 Å². The van der Waals surface area contributed by atoms with E-state index >= 15 is 0 Å². The first-order valence-electron chi connectivity index (χ1n) is 8.18. The minimum absolute atomic E-state index is 0.0800. The summed E-state index contributed by atoms with van der Waals surface area (Å²) in [5, 5.41) is 7.19. The number of benzene rings is 1. The van der Waals surface area contributed by atoms with E-state index in [-0.39, 0.29) is 12.6 Å². The number of fused-ring (bicyclic) bond motifs is 1. The summed E-state index contributed by atoms with van der Waals surface area (Å²) in [6.07, 6.45) is 1.43. The molecule has 0 bridgehead atoms. The highest BCUT2D eigenvalue weighted by atomic mass is 32.2. The Bertz CT molecular complexity index is 950. The maximum atomic E-state index is 12.6. The molecule has 0 spiro atoms. The van der Waals surface area contributed by atoms with Crippen LogP contribution in [0.5, 0.6) is 11.5 Å². The Hall–Kier alpha value is -2.74. The molecule has 4 rings (SSSR count). The number of hydrogen-bond acceptors (Lipinski definition) is 6. The zero-order valence-corrected chi connectivity index (χ0v) is 15.3. The first-order valence-corrected chi connectivity index (χ1v) is 9.17. The number of aromatic nitrogens is 4. The first-order chi connectivity index (χ1) is 12.6. The van der Waals surface area contributed by atoms with E-state index in [0.717, 1.165) is 34.0 Å². The van der Waals surface area contributed by atoms with Crippen LogP contribution in [0.2, 0.25) is 0 Å². The molecule has 3 heterocycles. The van der Waals surface area contributed by atoms with Gasteiger partial charge in [0, 0.05) is 23.5 Å². The molecule has 1 aliphatic heterocycles. The third-order valence-electron chi connectivity index (χ3n) is 4.38. The molecule has 1 N–H and O–H groups in total. The third kappa shape index (κ3) is 3.20. The van der Waals surface area contributed by atoms with E-state index in [1.807, 2.05) is 38.1 Å². The minimum atomic E-state index is 0.0800. The molecule has 0 saturated carbocycles. The molecule has 0 saturated heterocycles. The number of carbonyl (C=O) groups excluding carboxylic acids is 1. The van der Waals surface area contributed by atoms with Crippen LogP contribution < -0.4 is 9.47 Å². The summed E-state index contributed by atoms with van der Waals surface area (Å²) in [7, 11) is 0. The van der Waals surface area contributed by atoms with Crippen molar-refractivity contribution in [2.24, 2.45) is 0 Å². The lowest BCUT2D eigenvalue weighted by atomic mass is 10.1. The van der Waals surface area contributed by atoms with Gasteiger partial charge in [-0.05, 0) is 37.6 Å². The summed E-state index contributed by atoms with van der Waals surface area (Å²) in [6, 6.07) is 7.88. The Morgan fingerprint density at radius 1 is 1.27 bits per heavy atom. The summed E-state index contributed by atoms with van der Waals surface area (Å²) in [5.41, 5.74) is 3.86. The van der Waals surface area contributed by atoms with E-state index in [0.29, 0.717) is 17.5 Å². The van der Waals surface area contributed by atoms with Crippen LogP contribution in [0.15, 0.2) is 35.7 Å². The van der Waals surface area contributed by atoms with Crippen molar-refractivity contribution in [1.82, 2.24) is 19.7 Å². The van der Waals surface area contributed by atoms with E-state index in [4.69, 9.17) is 9.47 Å². The van der Waals surface area contributed by atoms with E-state index < -0.39 is 0 Å². The number of nitrogens with zero attached hydrogens (tertiary/aromatic N) is 3. The van der Waals surface area contributed by atoms with Crippen LogP contribution in [0, 0.1) is 13.8 Å². The van der Waals surface area contributed by atoms with Crippen LogP contribution in [-0.4, -0.2) is 38.1 Å². The van der Waals surface area contributed by atoms with Crippen LogP contribution >= 0.6 is 11.8 Å². The van der Waals surface area contributed by atoms with E-state index in [9.17, 15) is 4.79 Å². The summed E-state index contributed by atoms with van der Waals surface area (Å²) >= 11 is 1.35. The Morgan fingerprint density at radius 2 is 2.12 bits per heavy atom. The number of hydrogen-bond donors (Lipinski definition) is 1. The second-order valence-corrected chi connectivity index (χ2v) is 7.03. The molecule has 7 nitrogen and oxygen atoms in total. The number of aromatic amines is 1. The Balaban J connectivity index is 1.51. The smallest absolute Gasteiger partial charge is 0.231 e. The monoisotopic (exact) mass is 370 g/mol. The van der Waals surface area contributed by atoms with Gasteiger partial charge in [0.15, 0.2) is 22.4 Å². The van der Waals surface area contributed by atoms with Gasteiger partial charge in [0.1, 0.15) is 6.33 Å².